The molecule has 3 heterocycles. The fourth-order valence-electron chi connectivity index (χ4n) is 4.48. The fourth-order valence-corrected chi connectivity index (χ4v) is 4.48. The van der Waals surface area contributed by atoms with Crippen molar-refractivity contribution < 1.29 is 13.9 Å². The Morgan fingerprint density at radius 3 is 2.66 bits per heavy atom. The molecule has 0 aliphatic carbocycles. The number of aryl methyl sites for hydroxylation is 1. The van der Waals surface area contributed by atoms with Gasteiger partial charge in [-0.05, 0) is 35.1 Å². The van der Waals surface area contributed by atoms with E-state index < -0.39 is 11.7 Å². The normalized spacial score (nSPS) is 11.4. The third-order valence-corrected chi connectivity index (χ3v) is 6.71. The van der Waals surface area contributed by atoms with Gasteiger partial charge in [-0.2, -0.15) is 15.5 Å². The minimum absolute atomic E-state index is 0.0900. The van der Waals surface area contributed by atoms with Crippen LogP contribution >= 0.6 is 0 Å². The molecule has 0 radical (unpaired) electrons. The van der Waals surface area contributed by atoms with Crippen molar-refractivity contribution in [2.75, 3.05) is 18.6 Å². The number of rotatable bonds is 9. The van der Waals surface area contributed by atoms with Crippen LogP contribution < -0.4 is 4.90 Å². The van der Waals surface area contributed by atoms with Crippen molar-refractivity contribution in [1.29, 1.82) is 5.26 Å². The molecule has 0 atom stereocenters. The summed E-state index contributed by atoms with van der Waals surface area (Å²) in [7, 11) is 3.33. The molecule has 1 aromatic carbocycles. The van der Waals surface area contributed by atoms with Crippen LogP contribution in [0, 0.1) is 17.1 Å². The van der Waals surface area contributed by atoms with Gasteiger partial charge in [-0.3, -0.25) is 14.4 Å². The first-order chi connectivity index (χ1) is 19.5. The smallest absolute Gasteiger partial charge is 0.262 e. The molecular formula is C31H34FN7O2. The molecule has 212 valence electrons. The zero-order valence-corrected chi connectivity index (χ0v) is 24.3. The third kappa shape index (κ3) is 5.95. The Kier molecular flexibility index (Phi) is 8.49. The van der Waals surface area contributed by atoms with E-state index in [0.717, 1.165) is 12.0 Å². The van der Waals surface area contributed by atoms with Gasteiger partial charge in [-0.1, -0.05) is 46.4 Å². The highest BCUT2D eigenvalue weighted by molar-refractivity contribution is 6.08. The predicted octanol–water partition coefficient (Wildman–Crippen LogP) is 5.82. The lowest BCUT2D eigenvalue weighted by molar-refractivity contribution is 0.0986. The molecule has 10 heteroatoms. The van der Waals surface area contributed by atoms with Crippen LogP contribution in [0.5, 0.6) is 0 Å². The highest BCUT2D eigenvalue weighted by atomic mass is 19.1. The number of benzene rings is 1. The van der Waals surface area contributed by atoms with E-state index in [1.807, 2.05) is 27.7 Å². The number of ether oxygens (including phenoxy) is 1. The first-order valence-electron chi connectivity index (χ1n) is 13.3. The van der Waals surface area contributed by atoms with E-state index in [2.05, 4.69) is 27.8 Å². The van der Waals surface area contributed by atoms with Gasteiger partial charge in [0.2, 0.25) is 0 Å². The summed E-state index contributed by atoms with van der Waals surface area (Å²) in [5.41, 5.74) is 3.42. The maximum Gasteiger partial charge on any atom is 0.262 e. The Hall–Kier alpha value is -4.62. The summed E-state index contributed by atoms with van der Waals surface area (Å²) in [6, 6.07) is 7.12. The molecule has 0 saturated carbocycles. The number of hydrogen-bond donors (Lipinski definition) is 0. The van der Waals surface area contributed by atoms with Crippen LogP contribution in [0.1, 0.15) is 66.7 Å². The van der Waals surface area contributed by atoms with Crippen molar-refractivity contribution in [1.82, 2.24) is 24.5 Å². The molecule has 4 rings (SSSR count). The van der Waals surface area contributed by atoms with Crippen LogP contribution in [-0.4, -0.2) is 44.1 Å². The molecule has 0 bridgehead atoms. The van der Waals surface area contributed by atoms with Crippen LogP contribution in [-0.2, 0) is 23.8 Å². The number of pyridine rings is 1. The molecular weight excluding hydrogens is 521 g/mol. The molecule has 3 aromatic heterocycles. The summed E-state index contributed by atoms with van der Waals surface area (Å²) in [6.45, 7) is 12.4. The Morgan fingerprint density at radius 1 is 1.29 bits per heavy atom. The second-order valence-electron chi connectivity index (χ2n) is 10.8. The van der Waals surface area contributed by atoms with Gasteiger partial charge in [0.25, 0.3) is 5.91 Å². The number of halogens is 1. The van der Waals surface area contributed by atoms with Gasteiger partial charge in [-0.25, -0.2) is 14.1 Å². The van der Waals surface area contributed by atoms with E-state index in [4.69, 9.17) is 4.74 Å². The molecule has 41 heavy (non-hydrogen) atoms. The fraction of sp³-hybridized carbons (Fsp3) is 0.323. The first-order valence-corrected chi connectivity index (χ1v) is 13.3. The highest BCUT2D eigenvalue weighted by Gasteiger charge is 2.27. The molecule has 0 fully saturated rings. The number of anilines is 1. The number of aromatic nitrogens is 5. The zero-order chi connectivity index (χ0) is 29.9. The van der Waals surface area contributed by atoms with Crippen LogP contribution in [0.15, 0.2) is 49.6 Å². The number of carbonyl (C=O) groups excluding carboxylic acids is 1. The van der Waals surface area contributed by atoms with E-state index >= 15 is 4.39 Å². The second-order valence-corrected chi connectivity index (χ2v) is 10.8. The Balaban J connectivity index is 1.83. The van der Waals surface area contributed by atoms with Crippen molar-refractivity contribution >= 4 is 17.8 Å². The standard InChI is InChI=1S/C31H34FN7O2/c1-8-12-41-19-24-26(39-18-21(15-33)28(36-39)22-16-35-37(6)17-22)10-11-34-29(24)38(7)30(40)27-20(9-2)13-23(14-25(27)32)31(3,4)5/h9-11,13-14,16-18H,2,8,12,19H2,1,3-7H3. The van der Waals surface area contributed by atoms with E-state index in [0.29, 0.717) is 40.2 Å². The minimum atomic E-state index is -0.629. The number of carbonyl (C=O) groups is 1. The van der Waals surface area contributed by atoms with Gasteiger partial charge in [0.15, 0.2) is 0 Å². The van der Waals surface area contributed by atoms with Crippen molar-refractivity contribution in [3.8, 4) is 23.0 Å². The maximum absolute atomic E-state index is 15.5. The number of amides is 1. The topological polar surface area (TPSA) is 102 Å². The van der Waals surface area contributed by atoms with Gasteiger partial charge in [0.1, 0.15) is 23.4 Å². The van der Waals surface area contributed by atoms with E-state index in [9.17, 15) is 10.1 Å². The van der Waals surface area contributed by atoms with Crippen LogP contribution in [0.3, 0.4) is 0 Å². The number of hydrogen-bond acceptors (Lipinski definition) is 6. The predicted molar refractivity (Wildman–Crippen MR) is 156 cm³/mol. The number of nitriles is 1. The van der Waals surface area contributed by atoms with Crippen LogP contribution in [0.2, 0.25) is 0 Å². The minimum Gasteiger partial charge on any atom is -0.377 e. The Bertz CT molecular complexity index is 1640. The molecule has 9 nitrogen and oxygen atoms in total. The van der Waals surface area contributed by atoms with Crippen LogP contribution in [0.25, 0.3) is 23.0 Å². The average molecular weight is 556 g/mol. The van der Waals surface area contributed by atoms with Gasteiger partial charge < -0.3 is 4.74 Å². The summed E-state index contributed by atoms with van der Waals surface area (Å²) in [6.07, 6.45) is 8.86. The molecule has 1 amide bonds. The lowest BCUT2D eigenvalue weighted by Gasteiger charge is -2.24. The summed E-state index contributed by atoms with van der Waals surface area (Å²) in [5.74, 6) is -0.917. The van der Waals surface area contributed by atoms with Gasteiger partial charge in [-0.15, -0.1) is 0 Å². The second kappa shape index (κ2) is 11.9. The van der Waals surface area contributed by atoms with Crippen molar-refractivity contribution in [2.45, 2.75) is 46.1 Å². The summed E-state index contributed by atoms with van der Waals surface area (Å²) < 4.78 is 24.6. The van der Waals surface area contributed by atoms with Crippen molar-refractivity contribution in [3.05, 3.63) is 83.2 Å². The quantitative estimate of drug-likeness (QED) is 0.241. The summed E-state index contributed by atoms with van der Waals surface area (Å²) >= 11 is 0. The molecule has 0 N–H and O–H groups in total. The molecule has 0 saturated heterocycles. The summed E-state index contributed by atoms with van der Waals surface area (Å²) in [5, 5.41) is 18.7. The largest absolute Gasteiger partial charge is 0.377 e. The first kappa shape index (κ1) is 29.4. The summed E-state index contributed by atoms with van der Waals surface area (Å²) in [4.78, 5) is 19.6. The molecule has 0 unspecified atom stereocenters. The monoisotopic (exact) mass is 555 g/mol. The highest BCUT2D eigenvalue weighted by Crippen LogP contribution is 2.31. The van der Waals surface area contributed by atoms with Crippen LogP contribution in [0.4, 0.5) is 10.2 Å². The van der Waals surface area contributed by atoms with Crippen molar-refractivity contribution in [2.24, 2.45) is 7.05 Å². The van der Waals surface area contributed by atoms with Gasteiger partial charge >= 0.3 is 0 Å². The Morgan fingerprint density at radius 2 is 2.05 bits per heavy atom. The van der Waals surface area contributed by atoms with Crippen molar-refractivity contribution in [3.63, 3.8) is 0 Å². The lowest BCUT2D eigenvalue weighted by atomic mass is 9.84. The van der Waals surface area contributed by atoms with Gasteiger partial charge in [0, 0.05) is 50.4 Å². The SMILES string of the molecule is C=Cc1cc(C(C)(C)C)cc(F)c1C(=O)N(C)c1nccc(-n2cc(C#N)c(-c3cnn(C)c3)n2)c1COCCC. The number of nitrogens with zero attached hydrogens (tertiary/aromatic N) is 7. The molecule has 4 aromatic rings. The maximum atomic E-state index is 15.5. The molecule has 0 spiro atoms. The molecule has 0 aliphatic rings. The lowest BCUT2D eigenvalue weighted by Crippen LogP contribution is -2.30. The average Bonchev–Trinajstić information content (AvgIpc) is 3.57. The molecule has 0 aliphatic heterocycles. The third-order valence-electron chi connectivity index (χ3n) is 6.71. The van der Waals surface area contributed by atoms with E-state index in [1.54, 1.807) is 60.4 Å². The van der Waals surface area contributed by atoms with E-state index in [1.165, 1.54) is 17.0 Å². The zero-order valence-electron chi connectivity index (χ0n) is 24.3. The Labute approximate surface area is 239 Å². The van der Waals surface area contributed by atoms with Gasteiger partial charge in [0.05, 0.1) is 29.6 Å². The van der Waals surface area contributed by atoms with E-state index in [-0.39, 0.29) is 23.4 Å².